The fourth-order valence-electron chi connectivity index (χ4n) is 5.79. The summed E-state index contributed by atoms with van der Waals surface area (Å²) in [6.07, 6.45) is 14.4. The van der Waals surface area contributed by atoms with Crippen LogP contribution in [0.3, 0.4) is 0 Å². The van der Waals surface area contributed by atoms with Crippen molar-refractivity contribution >= 4 is 21.8 Å². The summed E-state index contributed by atoms with van der Waals surface area (Å²) in [6, 6.07) is 3.74. The van der Waals surface area contributed by atoms with Gasteiger partial charge in [-0.05, 0) is 61.7 Å². The van der Waals surface area contributed by atoms with Gasteiger partial charge in [0.1, 0.15) is 18.6 Å². The largest absolute Gasteiger partial charge is 0.378 e. The number of hydrazine groups is 1. The topological polar surface area (TPSA) is 96.8 Å². The number of anilines is 1. The Morgan fingerprint density at radius 1 is 1.24 bits per heavy atom. The van der Waals surface area contributed by atoms with E-state index in [1.165, 1.54) is 12.1 Å². The van der Waals surface area contributed by atoms with Gasteiger partial charge in [-0.2, -0.15) is 0 Å². The maximum Gasteiger partial charge on any atom is 0.243 e. The second-order valence-corrected chi connectivity index (χ2v) is 17.1. The van der Waals surface area contributed by atoms with Crippen LogP contribution in [-0.4, -0.2) is 89.6 Å². The molecule has 11 heteroatoms. The van der Waals surface area contributed by atoms with Gasteiger partial charge < -0.3 is 24.3 Å². The minimum Gasteiger partial charge on any atom is -0.378 e. The Labute approximate surface area is 246 Å². The van der Waals surface area contributed by atoms with Crippen molar-refractivity contribution in [2.45, 2.75) is 51.3 Å². The quantitative estimate of drug-likeness (QED) is 0.367. The van der Waals surface area contributed by atoms with E-state index in [-0.39, 0.29) is 11.9 Å². The number of methoxy groups -OCH3 is 1. The first-order valence-electron chi connectivity index (χ1n) is 14.6. The van der Waals surface area contributed by atoms with E-state index in [1.807, 2.05) is 29.0 Å². The van der Waals surface area contributed by atoms with Crippen molar-refractivity contribution in [3.05, 3.63) is 52.9 Å². The van der Waals surface area contributed by atoms with E-state index in [2.05, 4.69) is 58.5 Å². The number of allylic oxidation sites excluding steroid dienone is 1. The van der Waals surface area contributed by atoms with Gasteiger partial charge in [0.05, 0.1) is 37.0 Å². The minimum atomic E-state index is -0.645. The van der Waals surface area contributed by atoms with E-state index in [4.69, 9.17) is 14.5 Å². The van der Waals surface area contributed by atoms with Crippen molar-refractivity contribution in [2.75, 3.05) is 63.0 Å². The monoisotopic (exact) mass is 585 g/mol. The Kier molecular flexibility index (Phi) is 9.27. The van der Waals surface area contributed by atoms with Gasteiger partial charge in [0.15, 0.2) is 0 Å². The van der Waals surface area contributed by atoms with Crippen LogP contribution in [0.4, 0.5) is 5.82 Å². The molecule has 1 amide bonds. The molecule has 0 aromatic carbocycles. The van der Waals surface area contributed by atoms with Gasteiger partial charge >= 0.3 is 0 Å². The zero-order chi connectivity index (χ0) is 29.1. The number of ether oxygens (including phenoxy) is 2. The lowest BCUT2D eigenvalue weighted by Gasteiger charge is -2.27. The standard InChI is InChI=1S/C30H47N7O3S/c1-21-11-12-36(17-21)28-10-7-22(26(32-28)18-39-3)15-23-16-25(34-37(23)20-40-13-14-41(4,5)6)30(38)33-24-8-9-27-29(24)31-19-35(27)2/h7,10,16,19,21,24-25,34H,8-9,11-15,17-18,20H2,1-6H3,(H,33,38)/t21?,24-,25?/m1/s1. The molecule has 1 saturated heterocycles. The Bertz CT molecular complexity index is 1260. The molecule has 1 fully saturated rings. The summed E-state index contributed by atoms with van der Waals surface area (Å²) in [6.45, 7) is 5.86. The molecule has 2 aromatic heterocycles. The van der Waals surface area contributed by atoms with Gasteiger partial charge in [-0.1, -0.05) is 13.0 Å². The van der Waals surface area contributed by atoms with Crippen LogP contribution in [0.5, 0.6) is 0 Å². The van der Waals surface area contributed by atoms with Crippen LogP contribution < -0.4 is 15.6 Å². The average Bonchev–Trinajstić information content (AvgIpc) is 3.70. The SMILES string of the molecule is COCc1nc(N2CCC(C)C2)ccc1CC1=CC(C(=O)N[C@@H]2CCc3c2ncn3C)NN1COCCS(C)(C)C. The molecule has 0 spiro atoms. The summed E-state index contributed by atoms with van der Waals surface area (Å²) in [7, 11) is 3.07. The number of carbonyl (C=O) groups excluding carboxylic acids is 1. The van der Waals surface area contributed by atoms with E-state index in [9.17, 15) is 4.79 Å². The zero-order valence-electron chi connectivity index (χ0n) is 25.5. The predicted octanol–water partition coefficient (Wildman–Crippen LogP) is 2.89. The van der Waals surface area contributed by atoms with Crippen LogP contribution in [-0.2, 0) is 40.8 Å². The second kappa shape index (κ2) is 12.7. The Morgan fingerprint density at radius 3 is 2.80 bits per heavy atom. The molecule has 5 rings (SSSR count). The number of nitrogens with zero attached hydrogens (tertiary/aromatic N) is 5. The molecule has 3 aliphatic rings. The summed E-state index contributed by atoms with van der Waals surface area (Å²) in [5.41, 5.74) is 8.61. The molecule has 2 unspecified atom stereocenters. The van der Waals surface area contributed by atoms with Crippen LogP contribution in [0.25, 0.3) is 0 Å². The molecule has 2 aliphatic heterocycles. The lowest BCUT2D eigenvalue weighted by Crippen LogP contribution is -2.47. The third kappa shape index (κ3) is 7.25. The van der Waals surface area contributed by atoms with E-state index in [1.54, 1.807) is 7.11 Å². The smallest absolute Gasteiger partial charge is 0.243 e. The molecule has 0 bridgehead atoms. The Morgan fingerprint density at radius 2 is 2.07 bits per heavy atom. The molecular formula is C30H47N7O3S. The van der Waals surface area contributed by atoms with Crippen molar-refractivity contribution in [2.24, 2.45) is 13.0 Å². The summed E-state index contributed by atoms with van der Waals surface area (Å²) in [5.74, 6) is 2.68. The molecule has 1 aliphatic carbocycles. The average molecular weight is 586 g/mol. The van der Waals surface area contributed by atoms with Crippen LogP contribution >= 0.6 is 10.0 Å². The number of hydrogen-bond acceptors (Lipinski definition) is 8. The second-order valence-electron chi connectivity index (χ2n) is 12.5. The molecule has 2 aromatic rings. The molecule has 0 radical (unpaired) electrons. The van der Waals surface area contributed by atoms with Gasteiger partial charge in [-0.3, -0.25) is 9.80 Å². The van der Waals surface area contributed by atoms with Crippen LogP contribution in [0.15, 0.2) is 30.2 Å². The van der Waals surface area contributed by atoms with Gasteiger partial charge in [0.2, 0.25) is 5.91 Å². The van der Waals surface area contributed by atoms with E-state index in [0.29, 0.717) is 32.3 Å². The third-order valence-electron chi connectivity index (χ3n) is 8.21. The van der Waals surface area contributed by atoms with Crippen LogP contribution in [0, 0.1) is 5.92 Å². The van der Waals surface area contributed by atoms with Gasteiger partial charge in [-0.15, -0.1) is 0 Å². The highest BCUT2D eigenvalue weighted by molar-refractivity contribution is 8.32. The summed E-state index contributed by atoms with van der Waals surface area (Å²) < 4.78 is 13.7. The highest BCUT2D eigenvalue weighted by atomic mass is 32.3. The number of aromatic nitrogens is 3. The number of aryl methyl sites for hydroxylation is 1. The number of carbonyl (C=O) groups is 1. The first kappa shape index (κ1) is 29.9. The molecule has 0 saturated carbocycles. The molecule has 3 atom stereocenters. The first-order chi connectivity index (χ1) is 19.6. The third-order valence-corrected chi connectivity index (χ3v) is 9.60. The number of hydrogen-bond donors (Lipinski definition) is 2. The van der Waals surface area contributed by atoms with E-state index >= 15 is 0 Å². The number of imidazole rings is 1. The normalized spacial score (nSPS) is 22.8. The number of fused-ring (bicyclic) bond motifs is 1. The summed E-state index contributed by atoms with van der Waals surface area (Å²) in [4.78, 5) is 25.4. The van der Waals surface area contributed by atoms with Crippen molar-refractivity contribution in [3.8, 4) is 0 Å². The van der Waals surface area contributed by atoms with Crippen molar-refractivity contribution in [1.82, 2.24) is 30.3 Å². The van der Waals surface area contributed by atoms with Gasteiger partial charge in [0, 0.05) is 50.8 Å². The molecule has 10 nitrogen and oxygen atoms in total. The minimum absolute atomic E-state index is 0.0543. The van der Waals surface area contributed by atoms with Gasteiger partial charge in [-0.25, -0.2) is 25.4 Å². The number of amides is 1. The van der Waals surface area contributed by atoms with E-state index < -0.39 is 16.1 Å². The summed E-state index contributed by atoms with van der Waals surface area (Å²) in [5, 5.41) is 5.21. The maximum absolute atomic E-state index is 13.5. The number of nitrogens with one attached hydrogen (secondary N) is 2. The molecule has 4 heterocycles. The predicted molar refractivity (Wildman–Crippen MR) is 165 cm³/mol. The van der Waals surface area contributed by atoms with Crippen molar-refractivity contribution in [3.63, 3.8) is 0 Å². The van der Waals surface area contributed by atoms with Crippen molar-refractivity contribution < 1.29 is 14.3 Å². The Balaban J connectivity index is 1.31. The fourth-order valence-corrected chi connectivity index (χ4v) is 6.41. The van der Waals surface area contributed by atoms with Gasteiger partial charge in [0.25, 0.3) is 0 Å². The van der Waals surface area contributed by atoms with Crippen LogP contribution in [0.1, 0.15) is 48.5 Å². The highest BCUT2D eigenvalue weighted by Crippen LogP contribution is 2.34. The zero-order valence-corrected chi connectivity index (χ0v) is 26.3. The number of pyridine rings is 1. The number of rotatable bonds is 12. The molecular weight excluding hydrogens is 538 g/mol. The summed E-state index contributed by atoms with van der Waals surface area (Å²) >= 11 is 0. The Hall–Kier alpha value is -2.60. The molecule has 2 N–H and O–H groups in total. The first-order valence-corrected chi connectivity index (χ1v) is 17.6. The molecule has 41 heavy (non-hydrogen) atoms. The lowest BCUT2D eigenvalue weighted by molar-refractivity contribution is -0.123. The van der Waals surface area contributed by atoms with Crippen molar-refractivity contribution in [1.29, 1.82) is 0 Å². The molecule has 226 valence electrons. The van der Waals surface area contributed by atoms with Crippen LogP contribution in [0.2, 0.25) is 0 Å². The lowest BCUT2D eigenvalue weighted by atomic mass is 10.1. The maximum atomic E-state index is 13.5. The fraction of sp³-hybridized carbons (Fsp3) is 0.633. The highest BCUT2D eigenvalue weighted by Gasteiger charge is 2.33. The van der Waals surface area contributed by atoms with E-state index in [0.717, 1.165) is 60.2 Å².